The van der Waals surface area contributed by atoms with E-state index in [1.165, 1.54) is 0 Å². The predicted octanol–water partition coefficient (Wildman–Crippen LogP) is 2.55. The molecule has 1 aromatic heterocycles. The van der Waals surface area contributed by atoms with E-state index in [9.17, 15) is 9.59 Å². The van der Waals surface area contributed by atoms with Crippen LogP contribution in [0.15, 0.2) is 18.3 Å². The first-order valence-corrected chi connectivity index (χ1v) is 9.05. The number of hydrogen-bond acceptors (Lipinski definition) is 3. The van der Waals surface area contributed by atoms with Crippen molar-refractivity contribution in [3.05, 3.63) is 29.6 Å². The summed E-state index contributed by atoms with van der Waals surface area (Å²) in [5, 5.41) is 3.16. The smallest absolute Gasteiger partial charge is 0.255 e. The molecule has 2 heterocycles. The van der Waals surface area contributed by atoms with Crippen molar-refractivity contribution >= 4 is 11.8 Å². The second kappa shape index (κ2) is 7.32. The van der Waals surface area contributed by atoms with Crippen molar-refractivity contribution in [2.75, 3.05) is 13.1 Å². The summed E-state index contributed by atoms with van der Waals surface area (Å²) in [7, 11) is 0. The zero-order valence-electron chi connectivity index (χ0n) is 14.6. The Morgan fingerprint density at radius 3 is 2.58 bits per heavy atom. The molecule has 2 aliphatic rings. The van der Waals surface area contributed by atoms with E-state index in [-0.39, 0.29) is 23.8 Å². The molecule has 0 bridgehead atoms. The molecule has 24 heavy (non-hydrogen) atoms. The Balaban J connectivity index is 1.51. The van der Waals surface area contributed by atoms with Gasteiger partial charge in [0.2, 0.25) is 5.91 Å². The summed E-state index contributed by atoms with van der Waals surface area (Å²) >= 11 is 0. The Hall–Kier alpha value is -1.91. The summed E-state index contributed by atoms with van der Waals surface area (Å²) in [6.45, 7) is 5.46. The molecule has 1 saturated heterocycles. The number of rotatable bonds is 3. The lowest BCUT2D eigenvalue weighted by atomic mass is 9.82. The molecule has 1 N–H and O–H groups in total. The number of nitrogens with one attached hydrogen (secondary N) is 1. The summed E-state index contributed by atoms with van der Waals surface area (Å²) in [6, 6.07) is 3.76. The number of nitrogens with zero attached hydrogens (tertiary/aromatic N) is 2. The molecule has 0 aromatic carbocycles. The summed E-state index contributed by atoms with van der Waals surface area (Å²) in [4.78, 5) is 30.9. The highest BCUT2D eigenvalue weighted by Gasteiger charge is 2.31. The number of carbonyl (C=O) groups excluding carboxylic acids is 2. The molecule has 5 heteroatoms. The first-order chi connectivity index (χ1) is 11.5. The molecular weight excluding hydrogens is 302 g/mol. The minimum absolute atomic E-state index is 0.00531. The Morgan fingerprint density at radius 1 is 1.17 bits per heavy atom. The fourth-order valence-corrected chi connectivity index (χ4v) is 3.68. The van der Waals surface area contributed by atoms with Gasteiger partial charge in [0.25, 0.3) is 5.91 Å². The maximum absolute atomic E-state index is 12.5. The molecule has 130 valence electrons. The van der Waals surface area contributed by atoms with Crippen molar-refractivity contribution in [1.29, 1.82) is 0 Å². The van der Waals surface area contributed by atoms with Crippen LogP contribution in [0.4, 0.5) is 0 Å². The van der Waals surface area contributed by atoms with Crippen LogP contribution in [0, 0.1) is 18.8 Å². The molecular formula is C19H27N3O2. The third-order valence-corrected chi connectivity index (χ3v) is 5.37. The van der Waals surface area contributed by atoms with Crippen LogP contribution < -0.4 is 5.32 Å². The number of pyridine rings is 1. The molecule has 1 saturated carbocycles. The second-order valence-corrected chi connectivity index (χ2v) is 7.39. The Morgan fingerprint density at radius 2 is 1.92 bits per heavy atom. The predicted molar refractivity (Wildman–Crippen MR) is 92.5 cm³/mol. The maximum Gasteiger partial charge on any atom is 0.255 e. The summed E-state index contributed by atoms with van der Waals surface area (Å²) < 4.78 is 0. The highest BCUT2D eigenvalue weighted by atomic mass is 16.2. The molecule has 1 aliphatic carbocycles. The van der Waals surface area contributed by atoms with Gasteiger partial charge in [0.15, 0.2) is 0 Å². The lowest BCUT2D eigenvalue weighted by molar-refractivity contribution is -0.126. The van der Waals surface area contributed by atoms with Gasteiger partial charge in [-0.05, 0) is 57.1 Å². The Labute approximate surface area is 143 Å². The van der Waals surface area contributed by atoms with E-state index in [0.29, 0.717) is 18.7 Å². The first kappa shape index (κ1) is 16.9. The van der Waals surface area contributed by atoms with Crippen molar-refractivity contribution < 1.29 is 9.59 Å². The Kier molecular flexibility index (Phi) is 5.17. The average Bonchev–Trinajstić information content (AvgIpc) is 3.04. The third kappa shape index (κ3) is 3.94. The molecule has 0 spiro atoms. The fourth-order valence-electron chi connectivity index (χ4n) is 3.68. The van der Waals surface area contributed by atoms with Crippen molar-refractivity contribution in [2.24, 2.45) is 11.8 Å². The van der Waals surface area contributed by atoms with E-state index < -0.39 is 0 Å². The Bertz CT molecular complexity index is 591. The largest absolute Gasteiger partial charge is 0.351 e. The quantitative estimate of drug-likeness (QED) is 0.927. The molecule has 1 aromatic rings. The molecule has 5 nitrogen and oxygen atoms in total. The molecule has 2 fully saturated rings. The maximum atomic E-state index is 12.5. The summed E-state index contributed by atoms with van der Waals surface area (Å²) in [5.41, 5.74) is 1.52. The van der Waals surface area contributed by atoms with Crippen LogP contribution in [-0.2, 0) is 4.79 Å². The molecule has 1 aliphatic heterocycles. The van der Waals surface area contributed by atoms with Crippen molar-refractivity contribution in [2.45, 2.75) is 52.0 Å². The van der Waals surface area contributed by atoms with Crippen LogP contribution >= 0.6 is 0 Å². The van der Waals surface area contributed by atoms with Gasteiger partial charge in [0.1, 0.15) is 0 Å². The van der Waals surface area contributed by atoms with E-state index in [4.69, 9.17) is 0 Å². The van der Waals surface area contributed by atoms with Gasteiger partial charge in [-0.1, -0.05) is 6.92 Å². The van der Waals surface area contributed by atoms with Gasteiger partial charge < -0.3 is 10.2 Å². The lowest BCUT2D eigenvalue weighted by Crippen LogP contribution is -2.42. The number of aromatic nitrogens is 1. The van der Waals surface area contributed by atoms with Gasteiger partial charge in [-0.3, -0.25) is 14.6 Å². The molecule has 3 rings (SSSR count). The average molecular weight is 329 g/mol. The normalized spacial score (nSPS) is 27.1. The van der Waals surface area contributed by atoms with E-state index in [2.05, 4.69) is 17.2 Å². The van der Waals surface area contributed by atoms with Gasteiger partial charge in [0.05, 0.1) is 5.56 Å². The van der Waals surface area contributed by atoms with Crippen LogP contribution in [0.5, 0.6) is 0 Å². The van der Waals surface area contributed by atoms with Crippen LogP contribution in [0.2, 0.25) is 0 Å². The SMILES string of the molecule is Cc1ccc(C(=O)N2CC[C@@H](NC(=O)C3CCC(C)CC3)C2)cn1. The van der Waals surface area contributed by atoms with E-state index in [1.54, 1.807) is 6.20 Å². The van der Waals surface area contributed by atoms with Crippen LogP contribution in [0.25, 0.3) is 0 Å². The highest BCUT2D eigenvalue weighted by molar-refractivity contribution is 5.94. The minimum Gasteiger partial charge on any atom is -0.351 e. The lowest BCUT2D eigenvalue weighted by Gasteiger charge is -2.26. The van der Waals surface area contributed by atoms with Gasteiger partial charge in [0, 0.05) is 36.9 Å². The highest BCUT2D eigenvalue weighted by Crippen LogP contribution is 2.28. The monoisotopic (exact) mass is 329 g/mol. The van der Waals surface area contributed by atoms with Crippen molar-refractivity contribution in [1.82, 2.24) is 15.2 Å². The second-order valence-electron chi connectivity index (χ2n) is 7.39. The standard InChI is InChI=1S/C19H27N3O2/c1-13-3-6-15(7-4-13)18(23)21-17-9-10-22(12-17)19(24)16-8-5-14(2)20-11-16/h5,8,11,13,15,17H,3-4,6-7,9-10,12H2,1-2H3,(H,21,23)/t13?,15?,17-/m1/s1. The summed E-state index contributed by atoms with van der Waals surface area (Å²) in [6.07, 6.45) is 6.75. The molecule has 0 unspecified atom stereocenters. The number of hydrogen-bond donors (Lipinski definition) is 1. The van der Waals surface area contributed by atoms with Crippen LogP contribution in [-0.4, -0.2) is 40.8 Å². The molecule has 2 amide bonds. The van der Waals surface area contributed by atoms with Crippen LogP contribution in [0.1, 0.15) is 55.1 Å². The van der Waals surface area contributed by atoms with Crippen molar-refractivity contribution in [3.8, 4) is 0 Å². The number of carbonyl (C=O) groups is 2. The third-order valence-electron chi connectivity index (χ3n) is 5.37. The van der Waals surface area contributed by atoms with Gasteiger partial charge in [-0.25, -0.2) is 0 Å². The summed E-state index contributed by atoms with van der Waals surface area (Å²) in [5.74, 6) is 1.09. The van der Waals surface area contributed by atoms with Gasteiger partial charge in [-0.15, -0.1) is 0 Å². The number of likely N-dealkylation sites (tertiary alicyclic amines) is 1. The zero-order valence-corrected chi connectivity index (χ0v) is 14.6. The van der Waals surface area contributed by atoms with Gasteiger partial charge >= 0.3 is 0 Å². The number of aryl methyl sites for hydroxylation is 1. The molecule has 1 atom stereocenters. The first-order valence-electron chi connectivity index (χ1n) is 9.05. The topological polar surface area (TPSA) is 62.3 Å². The van der Waals surface area contributed by atoms with E-state index in [0.717, 1.165) is 43.7 Å². The number of amides is 2. The van der Waals surface area contributed by atoms with Crippen LogP contribution in [0.3, 0.4) is 0 Å². The minimum atomic E-state index is 0.00531. The fraction of sp³-hybridized carbons (Fsp3) is 0.632. The van der Waals surface area contributed by atoms with E-state index in [1.807, 2.05) is 24.0 Å². The van der Waals surface area contributed by atoms with Gasteiger partial charge in [-0.2, -0.15) is 0 Å². The van der Waals surface area contributed by atoms with E-state index >= 15 is 0 Å². The van der Waals surface area contributed by atoms with Crippen molar-refractivity contribution in [3.63, 3.8) is 0 Å². The zero-order chi connectivity index (χ0) is 17.1. The molecule has 0 radical (unpaired) electrons.